The quantitative estimate of drug-likeness (QED) is 0.695. The molecule has 5 nitrogen and oxygen atoms in total. The molecule has 1 heterocycles. The monoisotopic (exact) mass is 419 g/mol. The zero-order chi connectivity index (χ0) is 18.1. The summed E-state index contributed by atoms with van der Waals surface area (Å²) >= 11 is 9.55. The third-order valence-corrected chi connectivity index (χ3v) is 4.59. The predicted molar refractivity (Wildman–Crippen MR) is 103 cm³/mol. The van der Waals surface area contributed by atoms with Gasteiger partial charge in [-0.1, -0.05) is 33.6 Å². The Morgan fingerprint density at radius 1 is 1.28 bits per heavy atom. The number of carbonyl (C=O) groups is 1. The summed E-state index contributed by atoms with van der Waals surface area (Å²) in [7, 11) is 0. The van der Waals surface area contributed by atoms with Crippen LogP contribution in [-0.2, 0) is 11.3 Å². The van der Waals surface area contributed by atoms with Crippen molar-refractivity contribution < 1.29 is 4.79 Å². The Morgan fingerprint density at radius 2 is 2.04 bits per heavy atom. The number of amides is 1. The smallest absolute Gasteiger partial charge is 0.261 e. The minimum atomic E-state index is -0.341. The number of aromatic nitrogens is 2. The van der Waals surface area contributed by atoms with E-state index >= 15 is 0 Å². The van der Waals surface area contributed by atoms with Crippen LogP contribution in [0, 0.1) is 13.8 Å². The number of aryl methyl sites for hydroxylation is 2. The number of nitrogens with zero attached hydrogens (tertiary/aromatic N) is 2. The highest BCUT2D eigenvalue weighted by atomic mass is 79.9. The van der Waals surface area contributed by atoms with Crippen LogP contribution >= 0.6 is 27.5 Å². The molecule has 1 amide bonds. The van der Waals surface area contributed by atoms with Gasteiger partial charge in [-0.15, -0.1) is 0 Å². The first kappa shape index (κ1) is 17.6. The van der Waals surface area contributed by atoms with Gasteiger partial charge in [-0.3, -0.25) is 14.2 Å². The van der Waals surface area contributed by atoms with E-state index in [-0.39, 0.29) is 18.0 Å². The van der Waals surface area contributed by atoms with E-state index in [0.717, 1.165) is 15.6 Å². The van der Waals surface area contributed by atoms with E-state index in [2.05, 4.69) is 26.2 Å². The van der Waals surface area contributed by atoms with Gasteiger partial charge in [0, 0.05) is 4.47 Å². The van der Waals surface area contributed by atoms with Gasteiger partial charge in [0.1, 0.15) is 6.54 Å². The Bertz CT molecular complexity index is 1020. The van der Waals surface area contributed by atoms with E-state index in [9.17, 15) is 9.59 Å². The zero-order valence-corrected chi connectivity index (χ0v) is 16.0. The Hall–Kier alpha value is -2.18. The highest BCUT2D eigenvalue weighted by molar-refractivity contribution is 9.10. The Balaban J connectivity index is 1.88. The van der Waals surface area contributed by atoms with Crippen LogP contribution in [0.25, 0.3) is 10.9 Å². The largest absolute Gasteiger partial charge is 0.323 e. The van der Waals surface area contributed by atoms with Crippen LogP contribution in [0.5, 0.6) is 0 Å². The average Bonchev–Trinajstić information content (AvgIpc) is 2.54. The summed E-state index contributed by atoms with van der Waals surface area (Å²) in [6.07, 6.45) is 1.38. The summed E-state index contributed by atoms with van der Waals surface area (Å²) in [4.78, 5) is 29.1. The van der Waals surface area contributed by atoms with Crippen molar-refractivity contribution in [3.8, 4) is 0 Å². The van der Waals surface area contributed by atoms with Gasteiger partial charge in [-0.25, -0.2) is 4.98 Å². The topological polar surface area (TPSA) is 64.0 Å². The maximum atomic E-state index is 12.5. The van der Waals surface area contributed by atoms with Crippen molar-refractivity contribution >= 4 is 50.0 Å². The molecule has 0 saturated heterocycles. The molecule has 0 atom stereocenters. The molecule has 0 saturated carbocycles. The van der Waals surface area contributed by atoms with Crippen molar-refractivity contribution in [1.29, 1.82) is 0 Å². The van der Waals surface area contributed by atoms with Gasteiger partial charge in [0.05, 0.1) is 27.9 Å². The third kappa shape index (κ3) is 3.75. The first-order chi connectivity index (χ1) is 11.8. The second kappa shape index (κ2) is 6.98. The minimum absolute atomic E-state index is 0.141. The molecule has 128 valence electrons. The van der Waals surface area contributed by atoms with Crippen molar-refractivity contribution in [2.75, 3.05) is 5.32 Å². The highest BCUT2D eigenvalue weighted by Gasteiger charge is 2.12. The first-order valence-corrected chi connectivity index (χ1v) is 8.73. The molecular weight excluding hydrogens is 406 g/mol. The van der Waals surface area contributed by atoms with Gasteiger partial charge in [0.2, 0.25) is 5.91 Å². The number of anilines is 1. The van der Waals surface area contributed by atoms with Gasteiger partial charge >= 0.3 is 0 Å². The van der Waals surface area contributed by atoms with E-state index in [1.165, 1.54) is 10.9 Å². The minimum Gasteiger partial charge on any atom is -0.323 e. The molecule has 0 aliphatic carbocycles. The van der Waals surface area contributed by atoms with Gasteiger partial charge in [-0.05, 0) is 49.2 Å². The predicted octanol–water partition coefficient (Wildman–Crippen LogP) is 4.07. The SMILES string of the molecule is Cc1cc(C)c(NC(=O)Cn2cnc3ccc(Br)cc3c2=O)c(Cl)c1. The molecule has 2 aromatic carbocycles. The number of benzene rings is 2. The lowest BCUT2D eigenvalue weighted by molar-refractivity contribution is -0.116. The molecule has 0 unspecified atom stereocenters. The Morgan fingerprint density at radius 3 is 2.76 bits per heavy atom. The molecule has 3 rings (SSSR count). The van der Waals surface area contributed by atoms with Gasteiger partial charge in [0.15, 0.2) is 0 Å². The van der Waals surface area contributed by atoms with Gasteiger partial charge in [-0.2, -0.15) is 0 Å². The molecule has 7 heteroatoms. The summed E-state index contributed by atoms with van der Waals surface area (Å²) in [5.74, 6) is -0.341. The third-order valence-electron chi connectivity index (χ3n) is 3.80. The maximum absolute atomic E-state index is 12.5. The Labute approximate surface area is 157 Å². The van der Waals surface area contributed by atoms with E-state index < -0.39 is 0 Å². The molecule has 3 aromatic rings. The summed E-state index contributed by atoms with van der Waals surface area (Å²) in [5, 5.41) is 3.70. The van der Waals surface area contributed by atoms with Crippen LogP contribution in [0.2, 0.25) is 5.02 Å². The molecule has 0 aliphatic rings. The highest BCUT2D eigenvalue weighted by Crippen LogP contribution is 2.27. The van der Waals surface area contributed by atoms with Crippen LogP contribution < -0.4 is 10.9 Å². The fourth-order valence-electron chi connectivity index (χ4n) is 2.65. The fourth-order valence-corrected chi connectivity index (χ4v) is 3.38. The molecule has 0 radical (unpaired) electrons. The molecule has 0 bridgehead atoms. The van der Waals surface area contributed by atoms with Crippen LogP contribution in [0.3, 0.4) is 0 Å². The molecule has 0 fully saturated rings. The second-order valence-corrected chi connectivity index (χ2v) is 7.15. The van der Waals surface area contributed by atoms with Crippen molar-refractivity contribution in [3.63, 3.8) is 0 Å². The van der Waals surface area contributed by atoms with Crippen LogP contribution in [0.15, 0.2) is 45.9 Å². The summed E-state index contributed by atoms with van der Waals surface area (Å²) < 4.78 is 2.06. The number of rotatable bonds is 3. The lowest BCUT2D eigenvalue weighted by atomic mass is 10.1. The van der Waals surface area contributed by atoms with Crippen LogP contribution in [0.4, 0.5) is 5.69 Å². The second-order valence-electron chi connectivity index (χ2n) is 5.83. The number of hydrogen-bond acceptors (Lipinski definition) is 3. The number of hydrogen-bond donors (Lipinski definition) is 1. The number of halogens is 2. The Kier molecular flexibility index (Phi) is 4.92. The molecule has 1 N–H and O–H groups in total. The van der Waals surface area contributed by atoms with Crippen molar-refractivity contribution in [2.45, 2.75) is 20.4 Å². The summed E-state index contributed by atoms with van der Waals surface area (Å²) in [6, 6.07) is 8.98. The molecule has 25 heavy (non-hydrogen) atoms. The number of fused-ring (bicyclic) bond motifs is 1. The summed E-state index contributed by atoms with van der Waals surface area (Å²) in [5.41, 5.74) is 2.75. The number of carbonyl (C=O) groups excluding carboxylic acids is 1. The number of nitrogens with one attached hydrogen (secondary N) is 1. The average molecular weight is 421 g/mol. The fraction of sp³-hybridized carbons (Fsp3) is 0.167. The maximum Gasteiger partial charge on any atom is 0.261 e. The van der Waals surface area contributed by atoms with Crippen molar-refractivity contribution in [3.05, 3.63) is 67.6 Å². The molecule has 0 spiro atoms. The lowest BCUT2D eigenvalue weighted by Crippen LogP contribution is -2.28. The van der Waals surface area contributed by atoms with E-state index in [0.29, 0.717) is 21.6 Å². The summed E-state index contributed by atoms with van der Waals surface area (Å²) in [6.45, 7) is 3.66. The van der Waals surface area contributed by atoms with E-state index in [1.54, 1.807) is 18.2 Å². The van der Waals surface area contributed by atoms with Crippen LogP contribution in [0.1, 0.15) is 11.1 Å². The molecular formula is C18H15BrClN3O2. The van der Waals surface area contributed by atoms with E-state index in [1.807, 2.05) is 26.0 Å². The van der Waals surface area contributed by atoms with Crippen molar-refractivity contribution in [1.82, 2.24) is 9.55 Å². The lowest BCUT2D eigenvalue weighted by Gasteiger charge is -2.12. The van der Waals surface area contributed by atoms with Crippen LogP contribution in [-0.4, -0.2) is 15.5 Å². The zero-order valence-electron chi connectivity index (χ0n) is 13.6. The van der Waals surface area contributed by atoms with Gasteiger partial charge in [0.25, 0.3) is 5.56 Å². The van der Waals surface area contributed by atoms with Crippen molar-refractivity contribution in [2.24, 2.45) is 0 Å². The van der Waals surface area contributed by atoms with Gasteiger partial charge < -0.3 is 5.32 Å². The van der Waals surface area contributed by atoms with E-state index in [4.69, 9.17) is 11.6 Å². The molecule has 1 aromatic heterocycles. The first-order valence-electron chi connectivity index (χ1n) is 7.56. The normalized spacial score (nSPS) is 10.9. The standard InChI is InChI=1S/C18H15BrClN3O2/c1-10-5-11(2)17(14(20)6-10)22-16(24)8-23-9-21-15-4-3-12(19)7-13(15)18(23)25/h3-7,9H,8H2,1-2H3,(H,22,24). The molecule has 0 aliphatic heterocycles.